The Kier molecular flexibility index (Phi) is 4.12. The van der Waals surface area contributed by atoms with Gasteiger partial charge in [-0.3, -0.25) is 0 Å². The second kappa shape index (κ2) is 6.38. The number of benzene rings is 3. The van der Waals surface area contributed by atoms with E-state index in [4.69, 9.17) is 5.11 Å². The Bertz CT molecular complexity index is 897. The van der Waals surface area contributed by atoms with Crippen LogP contribution < -0.4 is 0 Å². The van der Waals surface area contributed by atoms with Gasteiger partial charge in [0.25, 0.3) is 0 Å². The summed E-state index contributed by atoms with van der Waals surface area (Å²) in [5.74, 6) is -2.00. The molecule has 0 amide bonds. The molecule has 0 aliphatic carbocycles. The third-order valence-corrected chi connectivity index (χ3v) is 3.79. The van der Waals surface area contributed by atoms with Crippen molar-refractivity contribution in [3.05, 3.63) is 83.9 Å². The fraction of sp³-hybridized carbons (Fsp3) is 0. The summed E-state index contributed by atoms with van der Waals surface area (Å²) in [4.78, 5) is 22.3. The van der Waals surface area contributed by atoms with Gasteiger partial charge in [0.1, 0.15) is 0 Å². The summed E-state index contributed by atoms with van der Waals surface area (Å²) in [5.41, 5.74) is 3.75. The standard InChI is InChI=1S/C20H14O4/c21-19(22)15-8-6-14(7-9-15)18-12-16(20(23)24)10-11-17(18)13-4-2-1-3-5-13/h1-12H,(H,21,22)(H,23,24). The van der Waals surface area contributed by atoms with Crippen molar-refractivity contribution in [1.82, 2.24) is 0 Å². The fourth-order valence-electron chi connectivity index (χ4n) is 2.58. The van der Waals surface area contributed by atoms with E-state index < -0.39 is 11.9 Å². The zero-order valence-corrected chi connectivity index (χ0v) is 12.6. The normalized spacial score (nSPS) is 10.3. The summed E-state index contributed by atoms with van der Waals surface area (Å²) in [6, 6.07) is 21.0. The van der Waals surface area contributed by atoms with Gasteiger partial charge in [-0.2, -0.15) is 0 Å². The molecule has 0 aliphatic rings. The Morgan fingerprint density at radius 1 is 0.583 bits per heavy atom. The Balaban J connectivity index is 2.18. The lowest BCUT2D eigenvalue weighted by Gasteiger charge is -2.12. The Labute approximate surface area is 138 Å². The highest BCUT2D eigenvalue weighted by atomic mass is 16.4. The molecule has 0 fully saturated rings. The van der Waals surface area contributed by atoms with Crippen LogP contribution in [0.3, 0.4) is 0 Å². The van der Waals surface area contributed by atoms with Gasteiger partial charge in [-0.05, 0) is 46.5 Å². The van der Waals surface area contributed by atoms with Crippen LogP contribution in [-0.4, -0.2) is 22.2 Å². The van der Waals surface area contributed by atoms with E-state index in [2.05, 4.69) is 0 Å². The first-order valence-corrected chi connectivity index (χ1v) is 7.33. The highest BCUT2D eigenvalue weighted by molar-refractivity contribution is 5.94. The second-order valence-electron chi connectivity index (χ2n) is 5.31. The number of rotatable bonds is 4. The van der Waals surface area contributed by atoms with E-state index >= 15 is 0 Å². The molecule has 3 aromatic carbocycles. The van der Waals surface area contributed by atoms with Crippen molar-refractivity contribution in [2.45, 2.75) is 0 Å². The molecular weight excluding hydrogens is 304 g/mol. The lowest BCUT2D eigenvalue weighted by Crippen LogP contribution is -1.98. The minimum absolute atomic E-state index is 0.187. The number of carbonyl (C=O) groups is 2. The number of carboxylic acid groups (broad SMARTS) is 2. The van der Waals surface area contributed by atoms with Gasteiger partial charge in [0.15, 0.2) is 0 Å². The predicted octanol–water partition coefficient (Wildman–Crippen LogP) is 4.42. The van der Waals surface area contributed by atoms with Gasteiger partial charge in [-0.25, -0.2) is 9.59 Å². The lowest BCUT2D eigenvalue weighted by molar-refractivity contribution is 0.0686. The number of hydrogen-bond donors (Lipinski definition) is 2. The van der Waals surface area contributed by atoms with Crippen molar-refractivity contribution in [1.29, 1.82) is 0 Å². The molecule has 3 rings (SSSR count). The van der Waals surface area contributed by atoms with Gasteiger partial charge in [-0.1, -0.05) is 48.5 Å². The summed E-state index contributed by atoms with van der Waals surface area (Å²) in [7, 11) is 0. The summed E-state index contributed by atoms with van der Waals surface area (Å²) >= 11 is 0. The van der Waals surface area contributed by atoms with Crippen LogP contribution in [0.1, 0.15) is 20.7 Å². The largest absolute Gasteiger partial charge is 0.478 e. The fourth-order valence-corrected chi connectivity index (χ4v) is 2.58. The molecular formula is C20H14O4. The van der Waals surface area contributed by atoms with Crippen LogP contribution in [0.15, 0.2) is 72.8 Å². The minimum Gasteiger partial charge on any atom is -0.478 e. The van der Waals surface area contributed by atoms with Gasteiger partial charge in [0.05, 0.1) is 11.1 Å². The molecule has 2 N–H and O–H groups in total. The van der Waals surface area contributed by atoms with Gasteiger partial charge < -0.3 is 10.2 Å². The van der Waals surface area contributed by atoms with E-state index in [1.54, 1.807) is 30.3 Å². The van der Waals surface area contributed by atoms with Gasteiger partial charge >= 0.3 is 11.9 Å². The van der Waals surface area contributed by atoms with E-state index in [0.717, 1.165) is 22.3 Å². The van der Waals surface area contributed by atoms with Crippen LogP contribution in [0.5, 0.6) is 0 Å². The topological polar surface area (TPSA) is 74.6 Å². The molecule has 0 saturated heterocycles. The molecule has 0 atom stereocenters. The molecule has 0 radical (unpaired) electrons. The molecule has 24 heavy (non-hydrogen) atoms. The van der Waals surface area contributed by atoms with E-state index in [9.17, 15) is 14.7 Å². The highest BCUT2D eigenvalue weighted by Crippen LogP contribution is 2.33. The summed E-state index contributed by atoms with van der Waals surface area (Å²) in [5, 5.41) is 18.3. The smallest absolute Gasteiger partial charge is 0.335 e. The molecule has 0 spiro atoms. The third-order valence-electron chi connectivity index (χ3n) is 3.79. The summed E-state index contributed by atoms with van der Waals surface area (Å²) in [6.07, 6.45) is 0. The van der Waals surface area contributed by atoms with Crippen molar-refractivity contribution in [2.75, 3.05) is 0 Å². The summed E-state index contributed by atoms with van der Waals surface area (Å²) in [6.45, 7) is 0. The van der Waals surface area contributed by atoms with Crippen molar-refractivity contribution in [3.8, 4) is 22.3 Å². The number of hydrogen-bond acceptors (Lipinski definition) is 2. The van der Waals surface area contributed by atoms with E-state index in [1.165, 1.54) is 12.1 Å². The monoisotopic (exact) mass is 318 g/mol. The van der Waals surface area contributed by atoms with Gasteiger partial charge in [0.2, 0.25) is 0 Å². The zero-order valence-electron chi connectivity index (χ0n) is 12.6. The molecule has 0 unspecified atom stereocenters. The van der Waals surface area contributed by atoms with Crippen LogP contribution in [0.25, 0.3) is 22.3 Å². The third kappa shape index (κ3) is 3.03. The number of aromatic carboxylic acids is 2. The molecule has 3 aromatic rings. The molecule has 4 nitrogen and oxygen atoms in total. The molecule has 0 aliphatic heterocycles. The molecule has 0 saturated carbocycles. The molecule has 118 valence electrons. The van der Waals surface area contributed by atoms with Crippen LogP contribution in [0, 0.1) is 0 Å². The minimum atomic E-state index is -1.00. The van der Waals surface area contributed by atoms with Crippen LogP contribution >= 0.6 is 0 Å². The zero-order chi connectivity index (χ0) is 17.1. The van der Waals surface area contributed by atoms with Crippen LogP contribution in [-0.2, 0) is 0 Å². The first-order chi connectivity index (χ1) is 11.6. The molecule has 4 heteroatoms. The Morgan fingerprint density at radius 2 is 1.12 bits per heavy atom. The maximum atomic E-state index is 11.3. The van der Waals surface area contributed by atoms with Gasteiger partial charge in [0, 0.05) is 0 Å². The van der Waals surface area contributed by atoms with Crippen LogP contribution in [0.4, 0.5) is 0 Å². The van der Waals surface area contributed by atoms with E-state index in [0.29, 0.717) is 0 Å². The first-order valence-electron chi connectivity index (χ1n) is 7.33. The average molecular weight is 318 g/mol. The van der Waals surface area contributed by atoms with E-state index in [1.807, 2.05) is 30.3 Å². The van der Waals surface area contributed by atoms with E-state index in [-0.39, 0.29) is 11.1 Å². The maximum absolute atomic E-state index is 11.3. The number of carboxylic acids is 2. The van der Waals surface area contributed by atoms with Crippen molar-refractivity contribution in [2.24, 2.45) is 0 Å². The average Bonchev–Trinajstić information content (AvgIpc) is 2.62. The first kappa shape index (κ1) is 15.5. The highest BCUT2D eigenvalue weighted by Gasteiger charge is 2.12. The predicted molar refractivity (Wildman–Crippen MR) is 91.2 cm³/mol. The van der Waals surface area contributed by atoms with Crippen LogP contribution in [0.2, 0.25) is 0 Å². The van der Waals surface area contributed by atoms with Crippen molar-refractivity contribution >= 4 is 11.9 Å². The maximum Gasteiger partial charge on any atom is 0.335 e. The Morgan fingerprint density at radius 3 is 1.71 bits per heavy atom. The Hall–Kier alpha value is -3.40. The second-order valence-corrected chi connectivity index (χ2v) is 5.31. The SMILES string of the molecule is O=C(O)c1ccc(-c2cc(C(=O)O)ccc2-c2ccccc2)cc1. The quantitative estimate of drug-likeness (QED) is 0.747. The molecule has 0 aromatic heterocycles. The molecule has 0 heterocycles. The lowest BCUT2D eigenvalue weighted by atomic mass is 9.92. The summed E-state index contributed by atoms with van der Waals surface area (Å²) < 4.78 is 0. The van der Waals surface area contributed by atoms with Crippen molar-refractivity contribution < 1.29 is 19.8 Å². The van der Waals surface area contributed by atoms with Crippen molar-refractivity contribution in [3.63, 3.8) is 0 Å². The van der Waals surface area contributed by atoms with Gasteiger partial charge in [-0.15, -0.1) is 0 Å². The molecule has 0 bridgehead atoms.